The molecule has 2 rings (SSSR count). The molecule has 0 saturated heterocycles. The minimum absolute atomic E-state index is 0.286. The van der Waals surface area contributed by atoms with Crippen LogP contribution in [0.25, 0.3) is 0 Å². The molecule has 168 valence electrons. The summed E-state index contributed by atoms with van der Waals surface area (Å²) >= 11 is 0. The van der Waals surface area contributed by atoms with E-state index in [9.17, 15) is 14.4 Å². The molecule has 31 heavy (non-hydrogen) atoms. The van der Waals surface area contributed by atoms with Crippen LogP contribution in [0.2, 0.25) is 0 Å². The lowest BCUT2D eigenvalue weighted by molar-refractivity contribution is -0.142. The number of nitrogens with zero attached hydrogens (tertiary/aromatic N) is 2. The van der Waals surface area contributed by atoms with Crippen molar-refractivity contribution in [1.82, 2.24) is 15.7 Å². The lowest BCUT2D eigenvalue weighted by Crippen LogP contribution is -2.57. The first-order chi connectivity index (χ1) is 14.6. The van der Waals surface area contributed by atoms with Gasteiger partial charge in [0.1, 0.15) is 12.6 Å². The van der Waals surface area contributed by atoms with E-state index in [4.69, 9.17) is 10.5 Å². The predicted octanol–water partition coefficient (Wildman–Crippen LogP) is 2.62. The molecule has 4 amide bonds. The highest BCUT2D eigenvalue weighted by Crippen LogP contribution is 2.27. The van der Waals surface area contributed by atoms with Gasteiger partial charge in [-0.15, -0.1) is 0 Å². The summed E-state index contributed by atoms with van der Waals surface area (Å²) in [6.45, 7) is 5.59. The summed E-state index contributed by atoms with van der Waals surface area (Å²) in [4.78, 5) is 39.2. The van der Waals surface area contributed by atoms with Gasteiger partial charge in [0.25, 0.3) is 5.91 Å². The molecular weight excluding hydrogens is 398 g/mol. The number of amides is 4. The van der Waals surface area contributed by atoms with Crippen molar-refractivity contribution in [3.8, 4) is 6.07 Å². The van der Waals surface area contributed by atoms with Crippen LogP contribution in [-0.4, -0.2) is 47.1 Å². The molecule has 1 aromatic carbocycles. The van der Waals surface area contributed by atoms with Gasteiger partial charge in [-0.1, -0.05) is 39.7 Å². The molecule has 9 nitrogen and oxygen atoms in total. The number of nitrogens with one attached hydrogen (secondary N) is 3. The Hall–Kier alpha value is -3.12. The average Bonchev–Trinajstić information content (AvgIpc) is 3.23. The number of urea groups is 1. The van der Waals surface area contributed by atoms with Crippen molar-refractivity contribution < 1.29 is 19.6 Å². The van der Waals surface area contributed by atoms with Crippen molar-refractivity contribution in [3.05, 3.63) is 29.8 Å². The summed E-state index contributed by atoms with van der Waals surface area (Å²) in [6, 6.07) is 6.97. The second kappa shape index (κ2) is 10.8. The van der Waals surface area contributed by atoms with Gasteiger partial charge in [-0.2, -0.15) is 5.26 Å². The van der Waals surface area contributed by atoms with E-state index in [1.165, 1.54) is 11.0 Å². The standard InChI is InChI=1S/C22H31N5O4/c1-22(2,3)19(25-21(30)24-17-10-6-9-16(11-17)12-23)20(29)27(14-18(28)26-31)13-15-7-4-5-8-15/h6,9-11,15,19,31H,4-5,7-8,13-14H2,1-3H3,(H,26,28)(H2,24,25,30)/t19-/m1/s1. The Morgan fingerprint density at radius 1 is 1.26 bits per heavy atom. The Morgan fingerprint density at radius 2 is 1.94 bits per heavy atom. The Kier molecular flexibility index (Phi) is 8.39. The fourth-order valence-corrected chi connectivity index (χ4v) is 3.74. The molecule has 0 bridgehead atoms. The van der Waals surface area contributed by atoms with Crippen LogP contribution in [0.3, 0.4) is 0 Å². The van der Waals surface area contributed by atoms with Crippen LogP contribution in [0.4, 0.5) is 10.5 Å². The van der Waals surface area contributed by atoms with Crippen LogP contribution in [-0.2, 0) is 9.59 Å². The number of rotatable bonds is 7. The van der Waals surface area contributed by atoms with Crippen LogP contribution in [0.1, 0.15) is 52.0 Å². The van der Waals surface area contributed by atoms with Gasteiger partial charge in [-0.3, -0.25) is 14.8 Å². The van der Waals surface area contributed by atoms with Crippen LogP contribution < -0.4 is 16.1 Å². The molecule has 4 N–H and O–H groups in total. The fraction of sp³-hybridized carbons (Fsp3) is 0.545. The number of hydrogen-bond acceptors (Lipinski definition) is 5. The number of carbonyl (C=O) groups is 3. The average molecular weight is 430 g/mol. The van der Waals surface area contributed by atoms with Gasteiger partial charge in [-0.05, 0) is 42.4 Å². The number of benzene rings is 1. The van der Waals surface area contributed by atoms with E-state index in [-0.39, 0.29) is 12.5 Å². The first-order valence-corrected chi connectivity index (χ1v) is 10.4. The molecule has 0 spiro atoms. The molecule has 1 aliphatic carbocycles. The lowest BCUT2D eigenvalue weighted by atomic mass is 9.85. The second-order valence-corrected chi connectivity index (χ2v) is 8.99. The molecule has 1 fully saturated rings. The highest BCUT2D eigenvalue weighted by Gasteiger charge is 2.37. The maximum absolute atomic E-state index is 13.4. The minimum Gasteiger partial charge on any atom is -0.331 e. The van der Waals surface area contributed by atoms with Crippen LogP contribution in [0.15, 0.2) is 24.3 Å². The first-order valence-electron chi connectivity index (χ1n) is 10.4. The van der Waals surface area contributed by atoms with E-state index in [1.807, 2.05) is 26.8 Å². The largest absolute Gasteiger partial charge is 0.331 e. The van der Waals surface area contributed by atoms with Crippen molar-refractivity contribution in [1.29, 1.82) is 5.26 Å². The smallest absolute Gasteiger partial charge is 0.319 e. The third kappa shape index (κ3) is 7.26. The molecule has 9 heteroatoms. The number of anilines is 1. The highest BCUT2D eigenvalue weighted by molar-refractivity contribution is 5.95. The Balaban J connectivity index is 2.16. The van der Waals surface area contributed by atoms with Gasteiger partial charge in [0, 0.05) is 12.2 Å². The highest BCUT2D eigenvalue weighted by atomic mass is 16.5. The molecule has 0 radical (unpaired) electrons. The van der Waals surface area contributed by atoms with Crippen molar-refractivity contribution in [3.63, 3.8) is 0 Å². The van der Waals surface area contributed by atoms with E-state index in [0.29, 0.717) is 23.7 Å². The summed E-state index contributed by atoms with van der Waals surface area (Å²) < 4.78 is 0. The van der Waals surface area contributed by atoms with Crippen molar-refractivity contribution in [2.75, 3.05) is 18.4 Å². The molecule has 1 atom stereocenters. The molecule has 0 heterocycles. The predicted molar refractivity (Wildman–Crippen MR) is 115 cm³/mol. The SMILES string of the molecule is CC(C)(C)[C@H](NC(=O)Nc1cccc(C#N)c1)C(=O)N(CC(=O)NO)CC1CCCC1. The zero-order valence-corrected chi connectivity index (χ0v) is 18.3. The lowest BCUT2D eigenvalue weighted by Gasteiger charge is -2.35. The molecule has 1 aromatic rings. The third-order valence-electron chi connectivity index (χ3n) is 5.36. The first kappa shape index (κ1) is 24.2. The van der Waals surface area contributed by atoms with Gasteiger partial charge >= 0.3 is 6.03 Å². The molecule has 0 aromatic heterocycles. The van der Waals surface area contributed by atoms with Crippen molar-refractivity contribution in [2.45, 2.75) is 52.5 Å². The molecule has 1 aliphatic rings. The van der Waals surface area contributed by atoms with Gasteiger partial charge < -0.3 is 15.5 Å². The minimum atomic E-state index is -0.903. The Morgan fingerprint density at radius 3 is 2.52 bits per heavy atom. The number of hydroxylamine groups is 1. The van der Waals surface area contributed by atoms with Gasteiger partial charge in [0.05, 0.1) is 11.6 Å². The summed E-state index contributed by atoms with van der Waals surface area (Å²) in [6.07, 6.45) is 4.13. The van der Waals surface area contributed by atoms with Crippen LogP contribution in [0.5, 0.6) is 0 Å². The topological polar surface area (TPSA) is 135 Å². The summed E-state index contributed by atoms with van der Waals surface area (Å²) in [5, 5.41) is 23.3. The van der Waals surface area contributed by atoms with E-state index < -0.39 is 23.4 Å². The van der Waals surface area contributed by atoms with E-state index >= 15 is 0 Å². The van der Waals surface area contributed by atoms with Crippen molar-refractivity contribution in [2.24, 2.45) is 11.3 Å². The maximum Gasteiger partial charge on any atom is 0.319 e. The quantitative estimate of drug-likeness (QED) is 0.390. The van der Waals surface area contributed by atoms with E-state index in [1.54, 1.807) is 23.7 Å². The normalized spacial score (nSPS) is 14.9. The summed E-state index contributed by atoms with van der Waals surface area (Å²) in [7, 11) is 0. The summed E-state index contributed by atoms with van der Waals surface area (Å²) in [5.41, 5.74) is 1.78. The van der Waals surface area contributed by atoms with E-state index in [2.05, 4.69) is 10.6 Å². The zero-order valence-electron chi connectivity index (χ0n) is 18.3. The number of carbonyl (C=O) groups excluding carboxylic acids is 3. The number of nitriles is 1. The summed E-state index contributed by atoms with van der Waals surface area (Å²) in [5.74, 6) is -0.778. The molecule has 1 saturated carbocycles. The van der Waals surface area contributed by atoms with Gasteiger partial charge in [0.15, 0.2) is 0 Å². The third-order valence-corrected chi connectivity index (χ3v) is 5.36. The second-order valence-electron chi connectivity index (χ2n) is 8.99. The van der Waals surface area contributed by atoms with Crippen molar-refractivity contribution >= 4 is 23.5 Å². The van der Waals surface area contributed by atoms with Crippen LogP contribution in [0, 0.1) is 22.7 Å². The zero-order chi connectivity index (χ0) is 23.0. The monoisotopic (exact) mass is 429 g/mol. The van der Waals surface area contributed by atoms with Gasteiger partial charge in [0.2, 0.25) is 5.91 Å². The molecule has 0 unspecified atom stereocenters. The molecular formula is C22H31N5O4. The number of hydrogen-bond donors (Lipinski definition) is 4. The van der Waals surface area contributed by atoms with Crippen LogP contribution >= 0.6 is 0 Å². The fourth-order valence-electron chi connectivity index (χ4n) is 3.74. The maximum atomic E-state index is 13.4. The Labute approximate surface area is 182 Å². The Bertz CT molecular complexity index is 837. The molecule has 0 aliphatic heterocycles. The van der Waals surface area contributed by atoms with Gasteiger partial charge in [-0.25, -0.2) is 10.3 Å². The van der Waals surface area contributed by atoms with E-state index in [0.717, 1.165) is 25.7 Å².